The highest BCUT2D eigenvalue weighted by Gasteiger charge is 2.14. The van der Waals surface area contributed by atoms with Gasteiger partial charge in [0, 0.05) is 30.2 Å². The Morgan fingerprint density at radius 1 is 1.21 bits per heavy atom. The standard InChI is InChI=1S/C12H9N3O3S/c1-14-11(16)15(12(17)19-14)10-7-9(18-13-10)8-5-3-2-4-6-8/h2-7H,1H3. The molecule has 0 unspecified atom stereocenters. The van der Waals surface area contributed by atoms with E-state index in [1.165, 1.54) is 11.0 Å². The van der Waals surface area contributed by atoms with Crippen molar-refractivity contribution in [3.8, 4) is 17.1 Å². The van der Waals surface area contributed by atoms with Gasteiger partial charge in [-0.3, -0.25) is 4.79 Å². The first-order valence-corrected chi connectivity index (χ1v) is 6.26. The van der Waals surface area contributed by atoms with E-state index in [4.69, 9.17) is 4.52 Å². The van der Waals surface area contributed by atoms with Crippen LogP contribution in [0.25, 0.3) is 17.1 Å². The van der Waals surface area contributed by atoms with Gasteiger partial charge in [-0.2, -0.15) is 4.57 Å². The van der Waals surface area contributed by atoms with E-state index in [0.29, 0.717) is 5.76 Å². The average Bonchev–Trinajstić information content (AvgIpc) is 2.97. The predicted octanol–water partition coefficient (Wildman–Crippen LogP) is 1.25. The first-order chi connectivity index (χ1) is 9.16. The molecule has 7 heteroatoms. The third kappa shape index (κ3) is 1.93. The number of hydrogen-bond acceptors (Lipinski definition) is 5. The van der Waals surface area contributed by atoms with Gasteiger partial charge in [-0.15, -0.1) is 0 Å². The summed E-state index contributed by atoms with van der Waals surface area (Å²) in [6, 6.07) is 10.9. The Hall–Kier alpha value is -2.41. The van der Waals surface area contributed by atoms with Crippen molar-refractivity contribution < 1.29 is 4.52 Å². The van der Waals surface area contributed by atoms with Crippen molar-refractivity contribution in [2.45, 2.75) is 0 Å². The average molecular weight is 275 g/mol. The van der Waals surface area contributed by atoms with Gasteiger partial charge in [-0.05, 0) is 0 Å². The fraction of sp³-hybridized carbons (Fsp3) is 0.0833. The first-order valence-electron chi connectivity index (χ1n) is 5.48. The Kier molecular flexibility index (Phi) is 2.68. The van der Waals surface area contributed by atoms with Crippen LogP contribution in [0.1, 0.15) is 0 Å². The van der Waals surface area contributed by atoms with Crippen LogP contribution in [0.3, 0.4) is 0 Å². The summed E-state index contributed by atoms with van der Waals surface area (Å²) >= 11 is 0.826. The lowest BCUT2D eigenvalue weighted by molar-refractivity contribution is 0.428. The Labute approximate surface area is 111 Å². The molecule has 0 radical (unpaired) electrons. The summed E-state index contributed by atoms with van der Waals surface area (Å²) in [7, 11) is 1.53. The highest BCUT2D eigenvalue weighted by Crippen LogP contribution is 2.20. The van der Waals surface area contributed by atoms with Gasteiger partial charge in [0.2, 0.25) is 0 Å². The topological polar surface area (TPSA) is 70.0 Å². The van der Waals surface area contributed by atoms with Crippen molar-refractivity contribution in [3.63, 3.8) is 0 Å². The molecule has 1 aromatic carbocycles. The lowest BCUT2D eigenvalue weighted by Gasteiger charge is -1.91. The summed E-state index contributed by atoms with van der Waals surface area (Å²) in [5.74, 6) is 0.710. The summed E-state index contributed by atoms with van der Waals surface area (Å²) < 4.78 is 7.41. The minimum absolute atomic E-state index is 0.200. The molecule has 0 aliphatic heterocycles. The van der Waals surface area contributed by atoms with Crippen LogP contribution in [0, 0.1) is 0 Å². The van der Waals surface area contributed by atoms with Crippen molar-refractivity contribution in [3.05, 3.63) is 56.5 Å². The minimum Gasteiger partial charge on any atom is -0.354 e. The zero-order valence-corrected chi connectivity index (χ0v) is 10.8. The molecule has 0 amide bonds. The van der Waals surface area contributed by atoms with Crippen molar-refractivity contribution >= 4 is 11.5 Å². The van der Waals surface area contributed by atoms with Gasteiger partial charge in [0.1, 0.15) is 0 Å². The van der Waals surface area contributed by atoms with Crippen molar-refractivity contribution in [2.75, 3.05) is 0 Å². The molecular formula is C12H9N3O3S. The lowest BCUT2D eigenvalue weighted by atomic mass is 10.2. The lowest BCUT2D eigenvalue weighted by Crippen LogP contribution is -2.26. The highest BCUT2D eigenvalue weighted by molar-refractivity contribution is 7.03. The van der Waals surface area contributed by atoms with Gasteiger partial charge in [0.25, 0.3) is 0 Å². The number of hydrogen-bond donors (Lipinski definition) is 0. The van der Waals surface area contributed by atoms with E-state index in [2.05, 4.69) is 5.16 Å². The van der Waals surface area contributed by atoms with Crippen LogP contribution in [0.5, 0.6) is 0 Å². The zero-order chi connectivity index (χ0) is 13.4. The van der Waals surface area contributed by atoms with Crippen LogP contribution in [0.4, 0.5) is 0 Å². The maximum Gasteiger partial charge on any atom is 0.346 e. The number of benzene rings is 1. The van der Waals surface area contributed by atoms with E-state index in [-0.39, 0.29) is 10.7 Å². The Balaban J connectivity index is 2.12. The van der Waals surface area contributed by atoms with E-state index in [1.54, 1.807) is 6.07 Å². The highest BCUT2D eigenvalue weighted by atomic mass is 32.1. The normalized spacial score (nSPS) is 10.8. The zero-order valence-electron chi connectivity index (χ0n) is 9.94. The molecule has 0 spiro atoms. The summed E-state index contributed by atoms with van der Waals surface area (Å²) in [6.45, 7) is 0. The van der Waals surface area contributed by atoms with E-state index in [0.717, 1.165) is 21.7 Å². The number of aromatic nitrogens is 3. The molecule has 3 aromatic rings. The van der Waals surface area contributed by atoms with Gasteiger partial charge < -0.3 is 4.52 Å². The SMILES string of the molecule is Cn1sc(=O)n(-c2cc(-c3ccccc3)on2)c1=O. The van der Waals surface area contributed by atoms with Crippen molar-refractivity contribution in [1.82, 2.24) is 13.7 Å². The Morgan fingerprint density at radius 2 is 1.95 bits per heavy atom. The molecule has 2 aromatic heterocycles. The van der Waals surface area contributed by atoms with Gasteiger partial charge in [0.05, 0.1) is 0 Å². The molecule has 0 fully saturated rings. The van der Waals surface area contributed by atoms with Crippen LogP contribution in [0.2, 0.25) is 0 Å². The minimum atomic E-state index is -0.428. The van der Waals surface area contributed by atoms with Crippen LogP contribution in [-0.4, -0.2) is 13.7 Å². The molecule has 96 valence electrons. The van der Waals surface area contributed by atoms with Crippen molar-refractivity contribution in [2.24, 2.45) is 7.05 Å². The fourth-order valence-electron chi connectivity index (χ4n) is 1.72. The molecule has 0 aliphatic rings. The number of rotatable bonds is 2. The summed E-state index contributed by atoms with van der Waals surface area (Å²) in [6.07, 6.45) is 0. The smallest absolute Gasteiger partial charge is 0.346 e. The molecule has 0 saturated heterocycles. The summed E-state index contributed by atoms with van der Waals surface area (Å²) in [4.78, 5) is 23.1. The fourth-order valence-corrected chi connectivity index (χ4v) is 2.36. The molecule has 3 rings (SSSR count). The van der Waals surface area contributed by atoms with Crippen molar-refractivity contribution in [1.29, 1.82) is 0 Å². The third-order valence-corrected chi connectivity index (χ3v) is 3.41. The van der Waals surface area contributed by atoms with Crippen LogP contribution >= 0.6 is 11.5 Å². The molecular weight excluding hydrogens is 266 g/mol. The Bertz CT molecular complexity index is 826. The second kappa shape index (κ2) is 4.36. The summed E-state index contributed by atoms with van der Waals surface area (Å²) in [5.41, 5.74) is 0.407. The molecule has 6 nitrogen and oxygen atoms in total. The summed E-state index contributed by atoms with van der Waals surface area (Å²) in [5, 5.41) is 3.78. The van der Waals surface area contributed by atoms with Crippen LogP contribution < -0.4 is 10.6 Å². The van der Waals surface area contributed by atoms with Gasteiger partial charge >= 0.3 is 10.6 Å². The van der Waals surface area contributed by atoms with Crippen LogP contribution in [-0.2, 0) is 7.05 Å². The number of aryl methyl sites for hydroxylation is 1. The maximum absolute atomic E-state index is 11.8. The largest absolute Gasteiger partial charge is 0.354 e. The second-order valence-electron chi connectivity index (χ2n) is 3.89. The van der Waals surface area contributed by atoms with E-state index < -0.39 is 5.69 Å². The number of nitrogens with zero attached hydrogens (tertiary/aromatic N) is 3. The van der Waals surface area contributed by atoms with Gasteiger partial charge in [-0.1, -0.05) is 35.5 Å². The predicted molar refractivity (Wildman–Crippen MR) is 70.7 cm³/mol. The quantitative estimate of drug-likeness (QED) is 0.706. The van der Waals surface area contributed by atoms with E-state index in [9.17, 15) is 9.59 Å². The Morgan fingerprint density at radius 3 is 2.58 bits per heavy atom. The molecule has 0 aliphatic carbocycles. The van der Waals surface area contributed by atoms with E-state index in [1.807, 2.05) is 30.3 Å². The van der Waals surface area contributed by atoms with Gasteiger partial charge in [0.15, 0.2) is 11.6 Å². The van der Waals surface area contributed by atoms with Crippen LogP contribution in [0.15, 0.2) is 50.5 Å². The molecule has 0 bridgehead atoms. The third-order valence-electron chi connectivity index (χ3n) is 2.64. The second-order valence-corrected chi connectivity index (χ2v) is 4.97. The molecule has 0 N–H and O–H groups in total. The first kappa shape index (κ1) is 11.7. The molecule has 2 heterocycles. The maximum atomic E-state index is 11.8. The molecule has 0 atom stereocenters. The monoisotopic (exact) mass is 275 g/mol. The molecule has 19 heavy (non-hydrogen) atoms. The van der Waals surface area contributed by atoms with Gasteiger partial charge in [-0.25, -0.2) is 8.75 Å². The molecule has 0 saturated carbocycles. The van der Waals surface area contributed by atoms with E-state index >= 15 is 0 Å².